The smallest absolute Gasteiger partial charge is 0.252 e. The number of aromatic amines is 1. The van der Waals surface area contributed by atoms with Crippen LogP contribution in [0.3, 0.4) is 0 Å². The van der Waals surface area contributed by atoms with Crippen molar-refractivity contribution in [3.8, 4) is 0 Å². The van der Waals surface area contributed by atoms with Crippen LogP contribution in [-0.2, 0) is 4.74 Å². The van der Waals surface area contributed by atoms with E-state index < -0.39 is 5.91 Å². The van der Waals surface area contributed by atoms with Crippen LogP contribution in [0, 0.1) is 6.92 Å². The summed E-state index contributed by atoms with van der Waals surface area (Å²) in [7, 11) is 1.61. The molecule has 5 nitrogen and oxygen atoms in total. The summed E-state index contributed by atoms with van der Waals surface area (Å²) in [5, 5.41) is 5.28. The molecule has 0 saturated heterocycles. The van der Waals surface area contributed by atoms with Crippen LogP contribution in [0.15, 0.2) is 30.3 Å². The Labute approximate surface area is 128 Å². The van der Waals surface area contributed by atoms with Gasteiger partial charge in [-0.15, -0.1) is 0 Å². The number of anilines is 1. The monoisotopic (exact) mass is 297 g/mol. The minimum Gasteiger partial charge on any atom is -0.365 e. The second-order valence-electron chi connectivity index (χ2n) is 5.42. The Morgan fingerprint density at radius 2 is 2.05 bits per heavy atom. The van der Waals surface area contributed by atoms with Gasteiger partial charge in [0.15, 0.2) is 0 Å². The van der Waals surface area contributed by atoms with E-state index in [1.54, 1.807) is 7.11 Å². The van der Waals surface area contributed by atoms with Crippen LogP contribution in [0.25, 0.3) is 21.8 Å². The van der Waals surface area contributed by atoms with Crippen LogP contribution in [0.1, 0.15) is 22.8 Å². The number of ether oxygens (including phenoxy) is 1. The molecular weight excluding hydrogens is 278 g/mol. The van der Waals surface area contributed by atoms with Gasteiger partial charge >= 0.3 is 0 Å². The predicted octanol–water partition coefficient (Wildman–Crippen LogP) is 3.13. The predicted molar refractivity (Wildman–Crippen MR) is 89.2 cm³/mol. The van der Waals surface area contributed by atoms with E-state index in [0.29, 0.717) is 11.3 Å². The molecule has 0 spiro atoms. The lowest BCUT2D eigenvalue weighted by molar-refractivity contribution is 0.100. The molecule has 4 N–H and O–H groups in total. The number of carbonyl (C=O) groups is 1. The zero-order valence-corrected chi connectivity index (χ0v) is 12.9. The molecule has 3 rings (SSSR count). The SMILES string of the molecule is COC(C)Nc1c(C)cc2c([nH]c3ccccc32)c1C(N)=O. The second kappa shape index (κ2) is 5.35. The quantitative estimate of drug-likeness (QED) is 0.647. The maximum Gasteiger partial charge on any atom is 0.252 e. The molecule has 1 aromatic heterocycles. The number of hydrogen-bond acceptors (Lipinski definition) is 3. The molecule has 22 heavy (non-hydrogen) atoms. The third kappa shape index (κ3) is 2.19. The number of nitrogens with one attached hydrogen (secondary N) is 2. The molecule has 0 bridgehead atoms. The molecule has 1 heterocycles. The van der Waals surface area contributed by atoms with Crippen molar-refractivity contribution in [1.82, 2.24) is 4.98 Å². The fourth-order valence-corrected chi connectivity index (χ4v) is 2.82. The summed E-state index contributed by atoms with van der Waals surface area (Å²) in [6, 6.07) is 10.0. The van der Waals surface area contributed by atoms with Crippen molar-refractivity contribution in [1.29, 1.82) is 0 Å². The maximum absolute atomic E-state index is 12.1. The lowest BCUT2D eigenvalue weighted by Gasteiger charge is -2.18. The number of H-pyrrole nitrogens is 1. The zero-order valence-electron chi connectivity index (χ0n) is 12.9. The van der Waals surface area contributed by atoms with Gasteiger partial charge < -0.3 is 20.8 Å². The largest absolute Gasteiger partial charge is 0.365 e. The summed E-state index contributed by atoms with van der Waals surface area (Å²) < 4.78 is 5.24. The van der Waals surface area contributed by atoms with Crippen LogP contribution in [-0.4, -0.2) is 24.2 Å². The van der Waals surface area contributed by atoms with Gasteiger partial charge in [0.2, 0.25) is 0 Å². The molecular formula is C17H19N3O2. The number of amides is 1. The first kappa shape index (κ1) is 14.4. The molecule has 0 radical (unpaired) electrons. The molecule has 114 valence electrons. The van der Waals surface area contributed by atoms with Crippen molar-refractivity contribution >= 4 is 33.4 Å². The van der Waals surface area contributed by atoms with Crippen LogP contribution in [0.4, 0.5) is 5.69 Å². The van der Waals surface area contributed by atoms with E-state index in [1.165, 1.54) is 0 Å². The Bertz CT molecular complexity index is 867. The van der Waals surface area contributed by atoms with Gasteiger partial charge in [0.1, 0.15) is 6.23 Å². The normalized spacial score (nSPS) is 12.7. The number of benzene rings is 2. The number of fused-ring (bicyclic) bond motifs is 3. The average Bonchev–Trinajstić information content (AvgIpc) is 2.85. The topological polar surface area (TPSA) is 80.1 Å². The Morgan fingerprint density at radius 3 is 2.73 bits per heavy atom. The summed E-state index contributed by atoms with van der Waals surface area (Å²) in [6.07, 6.45) is -0.223. The summed E-state index contributed by atoms with van der Waals surface area (Å²) in [4.78, 5) is 15.4. The molecule has 0 aliphatic heterocycles. The van der Waals surface area contributed by atoms with Crippen LogP contribution in [0.2, 0.25) is 0 Å². The first-order chi connectivity index (χ1) is 10.5. The molecule has 5 heteroatoms. The van der Waals surface area contributed by atoms with Crippen molar-refractivity contribution in [2.75, 3.05) is 12.4 Å². The van der Waals surface area contributed by atoms with Crippen LogP contribution in [0.5, 0.6) is 0 Å². The fourth-order valence-electron chi connectivity index (χ4n) is 2.82. The molecule has 3 aromatic rings. The highest BCUT2D eigenvalue weighted by Crippen LogP contribution is 2.34. The third-order valence-electron chi connectivity index (χ3n) is 3.95. The first-order valence-corrected chi connectivity index (χ1v) is 7.16. The van der Waals surface area contributed by atoms with Crippen molar-refractivity contribution < 1.29 is 9.53 Å². The number of carbonyl (C=O) groups excluding carboxylic acids is 1. The number of rotatable bonds is 4. The first-order valence-electron chi connectivity index (χ1n) is 7.16. The van der Waals surface area contributed by atoms with Crippen LogP contribution < -0.4 is 11.1 Å². The van der Waals surface area contributed by atoms with Crippen molar-refractivity contribution in [2.24, 2.45) is 5.73 Å². The van der Waals surface area contributed by atoms with Gasteiger partial charge in [0.25, 0.3) is 5.91 Å². The number of nitrogens with two attached hydrogens (primary N) is 1. The number of aromatic nitrogens is 1. The highest BCUT2D eigenvalue weighted by molar-refractivity contribution is 6.18. The van der Waals surface area contributed by atoms with E-state index in [-0.39, 0.29) is 6.23 Å². The third-order valence-corrected chi connectivity index (χ3v) is 3.95. The molecule has 1 amide bonds. The van der Waals surface area contributed by atoms with E-state index in [0.717, 1.165) is 27.4 Å². The van der Waals surface area contributed by atoms with E-state index in [2.05, 4.69) is 16.4 Å². The molecule has 2 aromatic carbocycles. The van der Waals surface area contributed by atoms with E-state index in [1.807, 2.05) is 38.1 Å². The zero-order chi connectivity index (χ0) is 15.9. The Morgan fingerprint density at radius 1 is 1.32 bits per heavy atom. The standard InChI is InChI=1S/C17H19N3O2/c1-9-8-12-11-6-4-5-7-13(11)20-16(12)14(17(18)21)15(9)19-10(2)22-3/h4-8,10,19-20H,1-3H3,(H2,18,21). The van der Waals surface area contributed by atoms with E-state index in [9.17, 15) is 4.79 Å². The lowest BCUT2D eigenvalue weighted by Crippen LogP contribution is -2.22. The number of methoxy groups -OCH3 is 1. The van der Waals surface area contributed by atoms with Crippen molar-refractivity contribution in [3.05, 3.63) is 41.5 Å². The van der Waals surface area contributed by atoms with Gasteiger partial charge in [-0.1, -0.05) is 18.2 Å². The summed E-state index contributed by atoms with van der Waals surface area (Å²) in [5.41, 5.74) is 9.52. The van der Waals surface area contributed by atoms with E-state index in [4.69, 9.17) is 10.5 Å². The minimum absolute atomic E-state index is 0.223. The minimum atomic E-state index is -0.467. The maximum atomic E-state index is 12.1. The highest BCUT2D eigenvalue weighted by atomic mass is 16.5. The summed E-state index contributed by atoms with van der Waals surface area (Å²) in [5.74, 6) is -0.467. The molecule has 1 atom stereocenters. The average molecular weight is 297 g/mol. The summed E-state index contributed by atoms with van der Waals surface area (Å²) >= 11 is 0. The van der Waals surface area contributed by atoms with Gasteiger partial charge in [-0.05, 0) is 31.5 Å². The van der Waals surface area contributed by atoms with Gasteiger partial charge in [-0.2, -0.15) is 0 Å². The van der Waals surface area contributed by atoms with Crippen molar-refractivity contribution in [2.45, 2.75) is 20.1 Å². The number of hydrogen-bond donors (Lipinski definition) is 3. The number of primary amides is 1. The molecule has 0 saturated carbocycles. The van der Waals surface area contributed by atoms with Gasteiger partial charge in [0, 0.05) is 23.4 Å². The molecule has 0 aliphatic carbocycles. The Hall–Kier alpha value is -2.53. The number of aryl methyl sites for hydroxylation is 1. The van der Waals surface area contributed by atoms with E-state index >= 15 is 0 Å². The fraction of sp³-hybridized carbons (Fsp3) is 0.235. The van der Waals surface area contributed by atoms with Gasteiger partial charge in [0.05, 0.1) is 16.8 Å². The second-order valence-corrected chi connectivity index (χ2v) is 5.42. The van der Waals surface area contributed by atoms with Crippen LogP contribution >= 0.6 is 0 Å². The molecule has 0 aliphatic rings. The highest BCUT2D eigenvalue weighted by Gasteiger charge is 2.19. The Kier molecular flexibility index (Phi) is 3.50. The Balaban J connectivity index is 2.36. The lowest BCUT2D eigenvalue weighted by atomic mass is 10.0. The van der Waals surface area contributed by atoms with Gasteiger partial charge in [-0.3, -0.25) is 4.79 Å². The number of para-hydroxylation sites is 1. The molecule has 0 fully saturated rings. The van der Waals surface area contributed by atoms with Gasteiger partial charge in [-0.25, -0.2) is 0 Å². The molecule has 1 unspecified atom stereocenters. The van der Waals surface area contributed by atoms with Crippen molar-refractivity contribution in [3.63, 3.8) is 0 Å². The summed E-state index contributed by atoms with van der Waals surface area (Å²) in [6.45, 7) is 3.83.